The van der Waals surface area contributed by atoms with Gasteiger partial charge in [0.15, 0.2) is 0 Å². The average Bonchev–Trinajstić information content (AvgIpc) is 3.24. The molecular formula is C22H24Cl2N2Zr. The van der Waals surface area contributed by atoms with Crippen molar-refractivity contribution in [2.75, 3.05) is 38.0 Å². The van der Waals surface area contributed by atoms with Crippen LogP contribution in [0.4, 0.5) is 11.4 Å². The maximum absolute atomic E-state index is 2.99. The van der Waals surface area contributed by atoms with Crippen LogP contribution < -0.4 is 34.6 Å². The van der Waals surface area contributed by atoms with Gasteiger partial charge in [-0.2, -0.15) is 6.08 Å². The number of fused-ring (bicyclic) bond motifs is 3. The van der Waals surface area contributed by atoms with Gasteiger partial charge < -0.3 is 34.6 Å². The summed E-state index contributed by atoms with van der Waals surface area (Å²) in [5.74, 6) is 0. The number of allylic oxidation sites excluding steroid dienone is 4. The molecule has 2 nitrogen and oxygen atoms in total. The standard InChI is InChI=1S/C17H19N2.C5H5.2ClH.Zr/c1-18(2)14-5-7-16-12(10-14)9-13-11-15(19(3)4)6-8-17(13)16;1-2-4-5-3-1;;;/h5-11H,1-4H3;1-3H,4H2;2*1H;/q2*-1;;;+4/p-2. The van der Waals surface area contributed by atoms with Crippen LogP contribution in [0.2, 0.25) is 0 Å². The Morgan fingerprint density at radius 3 is 1.59 bits per heavy atom. The predicted molar refractivity (Wildman–Crippen MR) is 107 cm³/mol. The molecule has 4 rings (SSSR count). The van der Waals surface area contributed by atoms with E-state index in [2.05, 4.69) is 92.6 Å². The molecule has 3 aromatic carbocycles. The first kappa shape index (κ1) is 25.9. The fourth-order valence-electron chi connectivity index (χ4n) is 2.89. The first-order chi connectivity index (χ1) is 11.6. The largest absolute Gasteiger partial charge is 4.00 e. The summed E-state index contributed by atoms with van der Waals surface area (Å²) in [5, 5.41) is 5.31. The van der Waals surface area contributed by atoms with Crippen molar-refractivity contribution < 1.29 is 51.0 Å². The van der Waals surface area contributed by atoms with E-state index < -0.39 is 0 Å². The van der Waals surface area contributed by atoms with Gasteiger partial charge in [-0.25, -0.2) is 12.2 Å². The van der Waals surface area contributed by atoms with E-state index in [1.807, 2.05) is 12.2 Å². The molecule has 0 aromatic heterocycles. The zero-order valence-electron chi connectivity index (χ0n) is 16.1. The molecule has 0 aliphatic heterocycles. The molecule has 140 valence electrons. The third-order valence-corrected chi connectivity index (χ3v) is 4.29. The maximum atomic E-state index is 2.99. The van der Waals surface area contributed by atoms with Crippen molar-refractivity contribution in [3.05, 3.63) is 66.8 Å². The van der Waals surface area contributed by atoms with Crippen LogP contribution in [0, 0.1) is 6.08 Å². The SMILES string of the molecule is CN(C)c1ccc2c(c1)[cH-]c1cc(N(C)C)ccc12.[C-]1=CC=CC1.[Cl-].[Cl-].[Zr+4]. The maximum Gasteiger partial charge on any atom is 4.00 e. The van der Waals surface area contributed by atoms with Gasteiger partial charge in [0.2, 0.25) is 0 Å². The molecule has 0 atom stereocenters. The number of benzene rings is 2. The third-order valence-electron chi connectivity index (χ3n) is 4.29. The Labute approximate surface area is 194 Å². The van der Waals surface area contributed by atoms with E-state index in [-0.39, 0.29) is 51.0 Å². The minimum absolute atomic E-state index is 0. The quantitative estimate of drug-likeness (QED) is 0.443. The summed E-state index contributed by atoms with van der Waals surface area (Å²) in [6.45, 7) is 0. The molecule has 0 fully saturated rings. The normalized spacial score (nSPS) is 11.1. The molecule has 0 spiro atoms. The van der Waals surface area contributed by atoms with Gasteiger partial charge >= 0.3 is 26.2 Å². The smallest absolute Gasteiger partial charge is 1.00 e. The average molecular weight is 479 g/mol. The minimum Gasteiger partial charge on any atom is -1.00 e. The van der Waals surface area contributed by atoms with Crippen molar-refractivity contribution in [3.8, 4) is 0 Å². The van der Waals surface area contributed by atoms with Crippen molar-refractivity contribution in [2.45, 2.75) is 6.42 Å². The summed E-state index contributed by atoms with van der Waals surface area (Å²) in [7, 11) is 8.31. The first-order valence-corrected chi connectivity index (χ1v) is 8.26. The van der Waals surface area contributed by atoms with E-state index >= 15 is 0 Å². The number of halogens is 2. The number of rotatable bonds is 2. The van der Waals surface area contributed by atoms with Crippen LogP contribution in [-0.2, 0) is 26.2 Å². The van der Waals surface area contributed by atoms with Crippen molar-refractivity contribution >= 4 is 32.9 Å². The molecule has 0 radical (unpaired) electrons. The fourth-order valence-corrected chi connectivity index (χ4v) is 2.89. The Morgan fingerprint density at radius 2 is 1.30 bits per heavy atom. The molecule has 0 bridgehead atoms. The zero-order chi connectivity index (χ0) is 17.1. The number of hydrogen-bond acceptors (Lipinski definition) is 2. The summed E-state index contributed by atoms with van der Waals surface area (Å²) >= 11 is 0. The second-order valence-corrected chi connectivity index (χ2v) is 6.48. The minimum atomic E-state index is 0. The summed E-state index contributed by atoms with van der Waals surface area (Å²) < 4.78 is 0. The van der Waals surface area contributed by atoms with Crippen molar-refractivity contribution in [3.63, 3.8) is 0 Å². The van der Waals surface area contributed by atoms with E-state index in [0.717, 1.165) is 6.42 Å². The molecule has 3 aromatic rings. The van der Waals surface area contributed by atoms with Crippen molar-refractivity contribution in [2.24, 2.45) is 0 Å². The second kappa shape index (κ2) is 11.6. The molecule has 0 heterocycles. The summed E-state index contributed by atoms with van der Waals surface area (Å²) in [6.07, 6.45) is 10.0. The second-order valence-electron chi connectivity index (χ2n) is 6.48. The van der Waals surface area contributed by atoms with Gasteiger partial charge in [0.25, 0.3) is 0 Å². The summed E-state index contributed by atoms with van der Waals surface area (Å²) in [5.41, 5.74) is 2.49. The third kappa shape index (κ3) is 6.17. The first-order valence-electron chi connectivity index (χ1n) is 8.26. The van der Waals surface area contributed by atoms with E-state index in [4.69, 9.17) is 0 Å². The number of nitrogens with zero attached hydrogens (tertiary/aromatic N) is 2. The monoisotopic (exact) mass is 476 g/mol. The molecule has 1 aliphatic rings. The van der Waals surface area contributed by atoms with Crippen molar-refractivity contribution in [1.82, 2.24) is 0 Å². The molecule has 1 aliphatic carbocycles. The van der Waals surface area contributed by atoms with Crippen LogP contribution in [0.1, 0.15) is 6.42 Å². The Kier molecular flexibility index (Phi) is 11.1. The van der Waals surface area contributed by atoms with Gasteiger partial charge in [0.1, 0.15) is 0 Å². The van der Waals surface area contributed by atoms with Gasteiger partial charge in [-0.15, -0.1) is 34.0 Å². The zero-order valence-corrected chi connectivity index (χ0v) is 20.1. The molecule has 5 heteroatoms. The van der Waals surface area contributed by atoms with Gasteiger partial charge in [0, 0.05) is 39.6 Å². The fraction of sp³-hybridized carbons (Fsp3) is 0.227. The van der Waals surface area contributed by atoms with Gasteiger partial charge in [-0.3, -0.25) is 6.08 Å². The molecular weight excluding hydrogens is 454 g/mol. The molecule has 27 heavy (non-hydrogen) atoms. The molecule has 0 amide bonds. The van der Waals surface area contributed by atoms with Gasteiger partial charge in [0.05, 0.1) is 0 Å². The van der Waals surface area contributed by atoms with Gasteiger partial charge in [-0.05, 0) is 0 Å². The molecule has 0 saturated heterocycles. The van der Waals surface area contributed by atoms with Crippen LogP contribution in [0.15, 0.2) is 60.7 Å². The Hall–Kier alpha value is -1.15. The van der Waals surface area contributed by atoms with E-state index in [9.17, 15) is 0 Å². The Bertz CT molecular complexity index is 839. The Morgan fingerprint density at radius 1 is 0.815 bits per heavy atom. The van der Waals surface area contributed by atoms with E-state index in [0.29, 0.717) is 0 Å². The van der Waals surface area contributed by atoms with Crippen LogP contribution in [0.5, 0.6) is 0 Å². The van der Waals surface area contributed by atoms with Crippen LogP contribution in [0.25, 0.3) is 21.5 Å². The van der Waals surface area contributed by atoms with Gasteiger partial charge in [-0.1, -0.05) is 36.4 Å². The van der Waals surface area contributed by atoms with Crippen molar-refractivity contribution in [1.29, 1.82) is 0 Å². The summed E-state index contributed by atoms with van der Waals surface area (Å²) in [4.78, 5) is 4.28. The van der Waals surface area contributed by atoms with Crippen LogP contribution in [0.3, 0.4) is 0 Å². The molecule has 0 unspecified atom stereocenters. The predicted octanol–water partition coefficient (Wildman–Crippen LogP) is -0.845. The Balaban J connectivity index is 0.000000742. The molecule has 0 saturated carbocycles. The van der Waals surface area contributed by atoms with E-state index in [1.54, 1.807) is 0 Å². The van der Waals surface area contributed by atoms with Crippen LogP contribution >= 0.6 is 0 Å². The topological polar surface area (TPSA) is 6.48 Å². The number of anilines is 2. The number of hydrogen-bond donors (Lipinski definition) is 0. The van der Waals surface area contributed by atoms with Crippen LogP contribution in [-0.4, -0.2) is 28.2 Å². The molecule has 0 N–H and O–H groups in total. The summed E-state index contributed by atoms with van der Waals surface area (Å²) in [6, 6.07) is 15.6. The van der Waals surface area contributed by atoms with E-state index in [1.165, 1.54) is 32.9 Å².